The van der Waals surface area contributed by atoms with Crippen LogP contribution in [0.5, 0.6) is 0 Å². The van der Waals surface area contributed by atoms with E-state index < -0.39 is 9.84 Å². The van der Waals surface area contributed by atoms with Crippen LogP contribution in [0, 0.1) is 0 Å². The molecule has 7 heteroatoms. The van der Waals surface area contributed by atoms with Crippen LogP contribution in [0.3, 0.4) is 0 Å². The van der Waals surface area contributed by atoms with Gasteiger partial charge in [0.25, 0.3) is 5.56 Å². The Bertz CT molecular complexity index is 585. The Hall–Kier alpha value is -1.08. The number of fused-ring (bicyclic) bond motifs is 1. The van der Waals surface area contributed by atoms with E-state index >= 15 is 0 Å². The van der Waals surface area contributed by atoms with Crippen molar-refractivity contribution in [2.24, 2.45) is 0 Å². The van der Waals surface area contributed by atoms with Crippen LogP contribution in [0.25, 0.3) is 0 Å². The van der Waals surface area contributed by atoms with Crippen LogP contribution in [-0.2, 0) is 22.9 Å². The zero-order valence-electron chi connectivity index (χ0n) is 9.40. The highest BCUT2D eigenvalue weighted by atomic mass is 32.2. The monoisotopic (exact) mass is 257 g/mol. The number of hydrogen-bond donors (Lipinski definition) is 2. The fraction of sp³-hybridized carbons (Fsp3) is 0.700. The lowest BCUT2D eigenvalue weighted by Crippen LogP contribution is -2.28. The number of aromatic amines is 1. The van der Waals surface area contributed by atoms with Crippen molar-refractivity contribution in [1.82, 2.24) is 15.1 Å². The molecule has 2 aliphatic heterocycles. The van der Waals surface area contributed by atoms with E-state index in [1.807, 2.05) is 4.68 Å². The summed E-state index contributed by atoms with van der Waals surface area (Å²) in [5.41, 5.74) is 1.76. The number of nitrogens with zero attached hydrogens (tertiary/aromatic N) is 1. The first-order valence-electron chi connectivity index (χ1n) is 5.80. The maximum absolute atomic E-state index is 11.7. The molecule has 1 aromatic rings. The molecular formula is C10H15N3O3S. The van der Waals surface area contributed by atoms with Crippen LogP contribution in [0.4, 0.5) is 0 Å². The normalized spacial score (nSPS) is 23.8. The average molecular weight is 257 g/mol. The zero-order chi connectivity index (χ0) is 12.0. The van der Waals surface area contributed by atoms with Crippen LogP contribution < -0.4 is 10.9 Å². The Morgan fingerprint density at radius 1 is 1.18 bits per heavy atom. The van der Waals surface area contributed by atoms with Crippen LogP contribution in [0.1, 0.15) is 30.1 Å². The van der Waals surface area contributed by atoms with Crippen molar-refractivity contribution in [3.63, 3.8) is 0 Å². The summed E-state index contributed by atoms with van der Waals surface area (Å²) in [4.78, 5) is 11.7. The van der Waals surface area contributed by atoms with Crippen molar-refractivity contribution < 1.29 is 8.42 Å². The van der Waals surface area contributed by atoms with E-state index in [-0.39, 0.29) is 23.1 Å². The molecular weight excluding hydrogens is 242 g/mol. The summed E-state index contributed by atoms with van der Waals surface area (Å²) in [7, 11) is -2.85. The molecule has 0 spiro atoms. The summed E-state index contributed by atoms with van der Waals surface area (Å²) in [5, 5.41) is 5.98. The number of aromatic nitrogens is 2. The Labute approximate surface area is 98.9 Å². The van der Waals surface area contributed by atoms with E-state index in [4.69, 9.17) is 0 Å². The molecule has 1 aromatic heterocycles. The third-order valence-electron chi connectivity index (χ3n) is 3.62. The van der Waals surface area contributed by atoms with Crippen LogP contribution in [0.15, 0.2) is 4.79 Å². The second kappa shape index (κ2) is 3.71. The van der Waals surface area contributed by atoms with Gasteiger partial charge in [-0.25, -0.2) is 8.42 Å². The molecule has 1 fully saturated rings. The van der Waals surface area contributed by atoms with Crippen molar-refractivity contribution in [3.05, 3.63) is 21.6 Å². The molecule has 3 heterocycles. The standard InChI is InChI=1S/C10H15N3O3S/c14-10-8-5-11-6-9(8)13(12-10)7-1-3-17(15,16)4-2-7/h7,11H,1-6H2,(H,12,14). The summed E-state index contributed by atoms with van der Waals surface area (Å²) >= 11 is 0. The minimum Gasteiger partial charge on any atom is -0.307 e. The van der Waals surface area contributed by atoms with Gasteiger partial charge in [-0.05, 0) is 12.8 Å². The predicted octanol–water partition coefficient (Wildman–Crippen LogP) is -0.471. The molecule has 0 aromatic carbocycles. The van der Waals surface area contributed by atoms with Gasteiger partial charge in [0.1, 0.15) is 9.84 Å². The fourth-order valence-electron chi connectivity index (χ4n) is 2.65. The third-order valence-corrected chi connectivity index (χ3v) is 5.33. The van der Waals surface area contributed by atoms with Gasteiger partial charge in [-0.2, -0.15) is 0 Å². The number of hydrogen-bond acceptors (Lipinski definition) is 4. The second-order valence-electron chi connectivity index (χ2n) is 4.72. The van der Waals surface area contributed by atoms with Crippen LogP contribution in [-0.4, -0.2) is 29.7 Å². The van der Waals surface area contributed by atoms with Gasteiger partial charge in [-0.15, -0.1) is 0 Å². The molecule has 2 aliphatic rings. The number of sulfone groups is 1. The SMILES string of the molecule is O=c1[nH]n(C2CCS(=O)(=O)CC2)c2c1CNC2. The average Bonchev–Trinajstić information content (AvgIpc) is 2.83. The van der Waals surface area contributed by atoms with Crippen molar-refractivity contribution in [1.29, 1.82) is 0 Å². The Morgan fingerprint density at radius 3 is 2.59 bits per heavy atom. The topological polar surface area (TPSA) is 84.0 Å². The van der Waals surface area contributed by atoms with Gasteiger partial charge in [0, 0.05) is 13.1 Å². The third kappa shape index (κ3) is 1.83. The fourth-order valence-corrected chi connectivity index (χ4v) is 4.11. The zero-order valence-corrected chi connectivity index (χ0v) is 10.2. The summed E-state index contributed by atoms with van der Waals surface area (Å²) in [6, 6.07) is 0.120. The van der Waals surface area contributed by atoms with E-state index in [0.29, 0.717) is 25.9 Å². The lowest BCUT2D eigenvalue weighted by atomic mass is 10.1. The lowest BCUT2D eigenvalue weighted by Gasteiger charge is -2.24. The minimum absolute atomic E-state index is 0.0431. The Kier molecular flexibility index (Phi) is 2.41. The maximum Gasteiger partial charge on any atom is 0.268 e. The molecule has 0 amide bonds. The van der Waals surface area contributed by atoms with E-state index in [9.17, 15) is 13.2 Å². The molecule has 0 atom stereocenters. The quantitative estimate of drug-likeness (QED) is 0.712. The molecule has 2 N–H and O–H groups in total. The maximum atomic E-state index is 11.7. The van der Waals surface area contributed by atoms with E-state index in [1.54, 1.807) is 0 Å². The molecule has 0 bridgehead atoms. The van der Waals surface area contributed by atoms with Crippen molar-refractivity contribution in [2.75, 3.05) is 11.5 Å². The van der Waals surface area contributed by atoms with Gasteiger partial charge >= 0.3 is 0 Å². The molecule has 3 rings (SSSR count). The molecule has 0 saturated carbocycles. The van der Waals surface area contributed by atoms with E-state index in [2.05, 4.69) is 10.4 Å². The highest BCUT2D eigenvalue weighted by Gasteiger charge is 2.29. The highest BCUT2D eigenvalue weighted by Crippen LogP contribution is 2.26. The van der Waals surface area contributed by atoms with E-state index in [1.165, 1.54) is 0 Å². The minimum atomic E-state index is -2.85. The molecule has 6 nitrogen and oxygen atoms in total. The summed E-state index contributed by atoms with van der Waals surface area (Å²) in [6.45, 7) is 1.31. The summed E-state index contributed by atoms with van der Waals surface area (Å²) < 4.78 is 24.6. The van der Waals surface area contributed by atoms with Gasteiger partial charge in [-0.1, -0.05) is 0 Å². The lowest BCUT2D eigenvalue weighted by molar-refractivity contribution is 0.398. The Balaban J connectivity index is 1.91. The smallest absolute Gasteiger partial charge is 0.268 e. The van der Waals surface area contributed by atoms with Crippen molar-refractivity contribution in [2.45, 2.75) is 32.0 Å². The molecule has 94 valence electrons. The summed E-state index contributed by atoms with van der Waals surface area (Å²) in [5.74, 6) is 0.445. The molecule has 1 saturated heterocycles. The van der Waals surface area contributed by atoms with Gasteiger partial charge in [0.05, 0.1) is 28.8 Å². The van der Waals surface area contributed by atoms with E-state index in [0.717, 1.165) is 11.3 Å². The summed E-state index contributed by atoms with van der Waals surface area (Å²) in [6.07, 6.45) is 1.19. The van der Waals surface area contributed by atoms with Gasteiger partial charge in [0.2, 0.25) is 0 Å². The molecule has 0 unspecified atom stereocenters. The van der Waals surface area contributed by atoms with Crippen LogP contribution >= 0.6 is 0 Å². The molecule has 0 aliphatic carbocycles. The first kappa shape index (κ1) is 11.0. The van der Waals surface area contributed by atoms with Crippen molar-refractivity contribution in [3.8, 4) is 0 Å². The van der Waals surface area contributed by atoms with Gasteiger partial charge in [0.15, 0.2) is 0 Å². The second-order valence-corrected chi connectivity index (χ2v) is 7.03. The highest BCUT2D eigenvalue weighted by molar-refractivity contribution is 7.91. The van der Waals surface area contributed by atoms with Gasteiger partial charge < -0.3 is 5.32 Å². The first-order valence-corrected chi connectivity index (χ1v) is 7.62. The van der Waals surface area contributed by atoms with Crippen molar-refractivity contribution >= 4 is 9.84 Å². The molecule has 17 heavy (non-hydrogen) atoms. The number of H-pyrrole nitrogens is 1. The number of nitrogens with one attached hydrogen (secondary N) is 2. The number of rotatable bonds is 1. The Morgan fingerprint density at radius 2 is 1.88 bits per heavy atom. The van der Waals surface area contributed by atoms with Crippen LogP contribution in [0.2, 0.25) is 0 Å². The largest absolute Gasteiger partial charge is 0.307 e. The predicted molar refractivity (Wildman–Crippen MR) is 62.5 cm³/mol. The first-order chi connectivity index (χ1) is 8.07. The molecule has 0 radical (unpaired) electrons. The van der Waals surface area contributed by atoms with Gasteiger partial charge in [-0.3, -0.25) is 14.6 Å².